The molecule has 0 aromatic carbocycles. The predicted molar refractivity (Wildman–Crippen MR) is 20.8 cm³/mol. The summed E-state index contributed by atoms with van der Waals surface area (Å²) in [6, 6.07) is 0. The number of carbonyl (C=O) groups excluding carboxylic acids is 2. The van der Waals surface area contributed by atoms with Crippen LogP contribution in [0, 0.1) is 0 Å². The van der Waals surface area contributed by atoms with Crippen LogP contribution in [0.1, 0.15) is 0 Å². The van der Waals surface area contributed by atoms with E-state index >= 15 is 0 Å². The Bertz CT molecular complexity index is 67.3. The van der Waals surface area contributed by atoms with E-state index in [1.54, 1.807) is 0 Å². The number of rotatable bonds is 1. The van der Waals surface area contributed by atoms with Gasteiger partial charge in [-0.2, -0.15) is 0 Å². The van der Waals surface area contributed by atoms with Crippen molar-refractivity contribution in [3.8, 4) is 0 Å². The summed E-state index contributed by atoms with van der Waals surface area (Å²) in [7, 11) is 0. The minimum absolute atomic E-state index is 0.167. The van der Waals surface area contributed by atoms with Crippen LogP contribution >= 0.6 is 0 Å². The summed E-state index contributed by atoms with van der Waals surface area (Å²) < 4.78 is 0. The molecule has 0 aromatic heterocycles. The van der Waals surface area contributed by atoms with E-state index in [0.717, 1.165) is 0 Å². The van der Waals surface area contributed by atoms with Gasteiger partial charge in [-0.05, 0) is 0 Å². The van der Waals surface area contributed by atoms with Gasteiger partial charge in [-0.25, -0.2) is 4.79 Å². The van der Waals surface area contributed by atoms with Gasteiger partial charge in [-0.3, -0.25) is 4.79 Å². The minimum Gasteiger partial charge on any atom is -0.476 e. The van der Waals surface area contributed by atoms with Crippen molar-refractivity contribution in [1.82, 2.24) is 0 Å². The average molecular weight is 104 g/mol. The Hall–Kier alpha value is -1.19. The molecule has 0 unspecified atom stereocenters. The number of carbonyl (C=O) groups is 3. The number of carboxylic acid groups (broad SMARTS) is 1. The van der Waals surface area contributed by atoms with Crippen molar-refractivity contribution in [3.63, 3.8) is 0 Å². The number of carboxylic acids is 1. The molecule has 0 aliphatic rings. The van der Waals surface area contributed by atoms with E-state index in [1.165, 1.54) is 0 Å². The Labute approximate surface area is 39.8 Å². The molecule has 4 nitrogen and oxygen atoms in total. The van der Waals surface area contributed by atoms with E-state index in [1.807, 2.05) is 6.79 Å². The smallest absolute Gasteiger partial charge is 0.368 e. The zero-order chi connectivity index (χ0) is 6.28. The fraction of sp³-hybridized carbons (Fsp3) is 0. The van der Waals surface area contributed by atoms with Gasteiger partial charge in [-0.1, -0.05) is 0 Å². The van der Waals surface area contributed by atoms with Crippen molar-refractivity contribution in [2.45, 2.75) is 0 Å². The van der Waals surface area contributed by atoms with Crippen molar-refractivity contribution in [1.29, 1.82) is 0 Å². The van der Waals surface area contributed by atoms with Gasteiger partial charge < -0.3 is 9.90 Å². The molecule has 0 saturated carbocycles. The van der Waals surface area contributed by atoms with Gasteiger partial charge in [0.1, 0.15) is 6.79 Å². The van der Waals surface area contributed by atoms with Crippen LogP contribution in [0.5, 0.6) is 0 Å². The molecule has 0 fully saturated rings. The maximum absolute atomic E-state index is 9.00. The fourth-order valence-electron chi connectivity index (χ4n) is 0. The molecule has 0 rings (SSSR count). The average Bonchev–Trinajstić information content (AvgIpc) is 1.73. The second-order valence-corrected chi connectivity index (χ2v) is 0.456. The van der Waals surface area contributed by atoms with E-state index < -0.39 is 5.97 Å². The van der Waals surface area contributed by atoms with Crippen LogP contribution in [-0.4, -0.2) is 24.2 Å². The van der Waals surface area contributed by atoms with Gasteiger partial charge in [0.15, 0.2) is 0 Å². The molecule has 0 saturated heterocycles. The number of hydrogen-bond donors (Lipinski definition) is 1. The maximum Gasteiger partial charge on any atom is 0.368 e. The van der Waals surface area contributed by atoms with Crippen LogP contribution in [-0.2, 0) is 14.4 Å². The summed E-state index contributed by atoms with van der Waals surface area (Å²) in [4.78, 5) is 25.9. The first-order chi connectivity index (χ1) is 3.27. The lowest BCUT2D eigenvalue weighted by Gasteiger charge is -1.59. The van der Waals surface area contributed by atoms with E-state index in [0.29, 0.717) is 0 Å². The van der Waals surface area contributed by atoms with Gasteiger partial charge in [0.05, 0.1) is 0 Å². The standard InChI is InChI=1S/C2H2O3.CH2O/c3-1-2(4)5;1-2/h1H,(H,4,5);1H2. The molecule has 4 heteroatoms. The first kappa shape index (κ1) is 9.26. The van der Waals surface area contributed by atoms with Crippen molar-refractivity contribution in [3.05, 3.63) is 0 Å². The Morgan fingerprint density at radius 1 is 1.57 bits per heavy atom. The van der Waals surface area contributed by atoms with Crippen molar-refractivity contribution < 1.29 is 19.5 Å². The molecule has 1 N–H and O–H groups in total. The van der Waals surface area contributed by atoms with Crippen LogP contribution in [0.2, 0.25) is 0 Å². The first-order valence-electron chi connectivity index (χ1n) is 1.24. The molecule has 0 heterocycles. The highest BCUT2D eigenvalue weighted by Crippen LogP contribution is 1.39. The largest absolute Gasteiger partial charge is 0.476 e. The summed E-state index contributed by atoms with van der Waals surface area (Å²) in [6.07, 6.45) is -0.167. The molecule has 40 valence electrons. The van der Waals surface area contributed by atoms with Gasteiger partial charge in [0.2, 0.25) is 6.29 Å². The van der Waals surface area contributed by atoms with Crippen molar-refractivity contribution in [2.24, 2.45) is 0 Å². The van der Waals surface area contributed by atoms with E-state index in [2.05, 4.69) is 0 Å². The molecule has 7 heavy (non-hydrogen) atoms. The zero-order valence-electron chi connectivity index (χ0n) is 3.46. The summed E-state index contributed by atoms with van der Waals surface area (Å²) in [6.45, 7) is 2.00. The Morgan fingerprint density at radius 3 is 1.71 bits per heavy atom. The third kappa shape index (κ3) is 57.9. The minimum atomic E-state index is -1.43. The molecule has 0 radical (unpaired) electrons. The van der Waals surface area contributed by atoms with Gasteiger partial charge in [0.25, 0.3) is 0 Å². The molecule has 0 bridgehead atoms. The van der Waals surface area contributed by atoms with Crippen molar-refractivity contribution >= 4 is 19.0 Å². The SMILES string of the molecule is C=O.O=CC(=O)O. The lowest BCUT2D eigenvalue weighted by atomic mass is 10.8. The molecule has 0 spiro atoms. The lowest BCUT2D eigenvalue weighted by molar-refractivity contribution is -0.143. The van der Waals surface area contributed by atoms with Gasteiger partial charge in [-0.15, -0.1) is 0 Å². The topological polar surface area (TPSA) is 71.4 Å². The number of aliphatic carboxylic acids is 1. The quantitative estimate of drug-likeness (QED) is 0.345. The number of aldehydes is 1. The van der Waals surface area contributed by atoms with Crippen LogP contribution < -0.4 is 0 Å². The number of hydrogen-bond acceptors (Lipinski definition) is 3. The monoisotopic (exact) mass is 104 g/mol. The zero-order valence-corrected chi connectivity index (χ0v) is 3.46. The molecule has 0 amide bonds. The van der Waals surface area contributed by atoms with E-state index in [9.17, 15) is 0 Å². The maximum atomic E-state index is 9.00. The fourth-order valence-corrected chi connectivity index (χ4v) is 0. The highest BCUT2D eigenvalue weighted by molar-refractivity contribution is 6.19. The molecular weight excluding hydrogens is 100 g/mol. The molecular formula is C3H4O4. The molecule has 0 aromatic rings. The van der Waals surface area contributed by atoms with E-state index in [4.69, 9.17) is 19.5 Å². The highest BCUT2D eigenvalue weighted by Gasteiger charge is 1.80. The lowest BCUT2D eigenvalue weighted by Crippen LogP contribution is -1.91. The molecule has 0 aliphatic carbocycles. The summed E-state index contributed by atoms with van der Waals surface area (Å²) in [5.41, 5.74) is 0. The van der Waals surface area contributed by atoms with Gasteiger partial charge in [0, 0.05) is 0 Å². The third-order valence-electron chi connectivity index (χ3n) is 0.101. The van der Waals surface area contributed by atoms with Crippen LogP contribution in [0.15, 0.2) is 0 Å². The van der Waals surface area contributed by atoms with Gasteiger partial charge >= 0.3 is 5.97 Å². The Balaban J connectivity index is 0. The summed E-state index contributed by atoms with van der Waals surface area (Å²) >= 11 is 0. The normalized spacial score (nSPS) is 5.14. The Morgan fingerprint density at radius 2 is 1.71 bits per heavy atom. The van der Waals surface area contributed by atoms with Crippen molar-refractivity contribution in [2.75, 3.05) is 0 Å². The highest BCUT2D eigenvalue weighted by atomic mass is 16.4. The van der Waals surface area contributed by atoms with Crippen LogP contribution in [0.4, 0.5) is 0 Å². The first-order valence-corrected chi connectivity index (χ1v) is 1.24. The summed E-state index contributed by atoms with van der Waals surface area (Å²) in [5, 5.41) is 7.35. The van der Waals surface area contributed by atoms with Crippen LogP contribution in [0.3, 0.4) is 0 Å². The summed E-state index contributed by atoms with van der Waals surface area (Å²) in [5.74, 6) is -1.43. The molecule has 0 atom stereocenters. The second kappa shape index (κ2) is 8.84. The molecule has 0 aliphatic heterocycles. The third-order valence-corrected chi connectivity index (χ3v) is 0.101. The predicted octanol–water partition coefficient (Wildman–Crippen LogP) is -0.915. The van der Waals surface area contributed by atoms with E-state index in [-0.39, 0.29) is 6.29 Å². The second-order valence-electron chi connectivity index (χ2n) is 0.456. The van der Waals surface area contributed by atoms with Crippen LogP contribution in [0.25, 0.3) is 0 Å². The Kier molecular flexibility index (Phi) is 11.7.